The molecule has 1 heterocycles. The lowest BCUT2D eigenvalue weighted by molar-refractivity contribution is 0.559. The number of rotatable bonds is 4. The minimum atomic E-state index is 0.124. The molecule has 1 atom stereocenters. The Morgan fingerprint density at radius 3 is 2.47 bits per heavy atom. The molecule has 2 N–H and O–H groups in total. The molecule has 0 fully saturated rings. The summed E-state index contributed by atoms with van der Waals surface area (Å²) in [6, 6.07) is 17.0. The first-order valence-corrected chi connectivity index (χ1v) is 6.55. The summed E-state index contributed by atoms with van der Waals surface area (Å²) in [5, 5.41) is 2.55. The van der Waals surface area contributed by atoms with E-state index in [0.29, 0.717) is 0 Å². The molecule has 2 aromatic carbocycles. The van der Waals surface area contributed by atoms with Crippen molar-refractivity contribution < 1.29 is 4.42 Å². The van der Waals surface area contributed by atoms with Crippen molar-refractivity contribution in [3.63, 3.8) is 0 Å². The largest absolute Gasteiger partial charge is 0.472 e. The van der Waals surface area contributed by atoms with E-state index >= 15 is 0 Å². The van der Waals surface area contributed by atoms with Crippen molar-refractivity contribution in [2.24, 2.45) is 5.73 Å². The molecule has 96 valence electrons. The number of fused-ring (bicyclic) bond motifs is 1. The lowest BCUT2D eigenvalue weighted by Gasteiger charge is -2.11. The van der Waals surface area contributed by atoms with Gasteiger partial charge in [-0.15, -0.1) is 0 Å². The number of hydrogen-bond donors (Lipinski definition) is 1. The van der Waals surface area contributed by atoms with E-state index in [1.54, 1.807) is 12.5 Å². The molecule has 0 aliphatic carbocycles. The summed E-state index contributed by atoms with van der Waals surface area (Å²) in [5.74, 6) is 0. The van der Waals surface area contributed by atoms with Gasteiger partial charge in [0.1, 0.15) is 0 Å². The highest BCUT2D eigenvalue weighted by Crippen LogP contribution is 2.17. The molecular weight excluding hydrogens is 234 g/mol. The topological polar surface area (TPSA) is 39.2 Å². The highest BCUT2D eigenvalue weighted by molar-refractivity contribution is 5.82. The molecule has 0 saturated heterocycles. The quantitative estimate of drug-likeness (QED) is 0.770. The minimum Gasteiger partial charge on any atom is -0.472 e. The fourth-order valence-corrected chi connectivity index (χ4v) is 2.45. The van der Waals surface area contributed by atoms with Crippen molar-refractivity contribution in [2.75, 3.05) is 0 Å². The molecule has 0 radical (unpaired) electrons. The monoisotopic (exact) mass is 251 g/mol. The molecule has 0 saturated carbocycles. The van der Waals surface area contributed by atoms with Crippen LogP contribution in [0.5, 0.6) is 0 Å². The lowest BCUT2D eigenvalue weighted by Crippen LogP contribution is -2.25. The molecule has 1 unspecified atom stereocenters. The summed E-state index contributed by atoms with van der Waals surface area (Å²) in [6.45, 7) is 0. The van der Waals surface area contributed by atoms with Crippen molar-refractivity contribution >= 4 is 10.8 Å². The molecule has 0 amide bonds. The van der Waals surface area contributed by atoms with E-state index in [9.17, 15) is 0 Å². The zero-order chi connectivity index (χ0) is 13.1. The van der Waals surface area contributed by atoms with Gasteiger partial charge in [-0.05, 0) is 40.8 Å². The van der Waals surface area contributed by atoms with Crippen molar-refractivity contribution in [3.05, 3.63) is 72.2 Å². The number of furan rings is 1. The van der Waals surface area contributed by atoms with E-state index in [-0.39, 0.29) is 6.04 Å². The molecule has 0 aliphatic rings. The van der Waals surface area contributed by atoms with Gasteiger partial charge >= 0.3 is 0 Å². The predicted molar refractivity (Wildman–Crippen MR) is 78.0 cm³/mol. The Kier molecular flexibility index (Phi) is 3.34. The summed E-state index contributed by atoms with van der Waals surface area (Å²) >= 11 is 0. The summed E-state index contributed by atoms with van der Waals surface area (Å²) in [4.78, 5) is 0. The first kappa shape index (κ1) is 12.0. The third-order valence-corrected chi connectivity index (χ3v) is 3.39. The third-order valence-electron chi connectivity index (χ3n) is 3.39. The van der Waals surface area contributed by atoms with Crippen LogP contribution < -0.4 is 5.73 Å². The second-order valence-electron chi connectivity index (χ2n) is 4.98. The van der Waals surface area contributed by atoms with Crippen LogP contribution in [0.2, 0.25) is 0 Å². The van der Waals surface area contributed by atoms with Gasteiger partial charge in [0.2, 0.25) is 0 Å². The maximum absolute atomic E-state index is 6.20. The first-order chi connectivity index (χ1) is 9.31. The van der Waals surface area contributed by atoms with Crippen molar-refractivity contribution in [1.29, 1.82) is 0 Å². The molecule has 0 aliphatic heterocycles. The number of benzene rings is 2. The van der Waals surface area contributed by atoms with E-state index in [1.807, 2.05) is 6.07 Å². The van der Waals surface area contributed by atoms with Gasteiger partial charge in [0.25, 0.3) is 0 Å². The van der Waals surface area contributed by atoms with E-state index in [1.165, 1.54) is 16.3 Å². The normalized spacial score (nSPS) is 12.7. The van der Waals surface area contributed by atoms with Crippen molar-refractivity contribution in [3.8, 4) is 0 Å². The SMILES string of the molecule is NC(Cc1ccoc1)Cc1ccc2ccccc2c1. The van der Waals surface area contributed by atoms with Gasteiger partial charge in [0, 0.05) is 6.04 Å². The number of hydrogen-bond acceptors (Lipinski definition) is 2. The van der Waals surface area contributed by atoms with Crippen molar-refractivity contribution in [2.45, 2.75) is 18.9 Å². The van der Waals surface area contributed by atoms with Crippen molar-refractivity contribution in [1.82, 2.24) is 0 Å². The van der Waals surface area contributed by atoms with Crippen LogP contribution in [-0.4, -0.2) is 6.04 Å². The molecule has 0 bridgehead atoms. The van der Waals surface area contributed by atoms with Crippen LogP contribution >= 0.6 is 0 Å². The fraction of sp³-hybridized carbons (Fsp3) is 0.176. The van der Waals surface area contributed by atoms with Gasteiger partial charge < -0.3 is 10.2 Å². The Morgan fingerprint density at radius 1 is 0.895 bits per heavy atom. The Bertz CT molecular complexity index is 658. The van der Waals surface area contributed by atoms with Crippen LogP contribution in [0.15, 0.2) is 65.5 Å². The van der Waals surface area contributed by atoms with Gasteiger partial charge in [0.05, 0.1) is 12.5 Å². The van der Waals surface area contributed by atoms with Gasteiger partial charge in [-0.2, -0.15) is 0 Å². The molecule has 19 heavy (non-hydrogen) atoms. The Morgan fingerprint density at radius 2 is 1.68 bits per heavy atom. The van der Waals surface area contributed by atoms with Crippen LogP contribution in [-0.2, 0) is 12.8 Å². The highest BCUT2D eigenvalue weighted by Gasteiger charge is 2.07. The van der Waals surface area contributed by atoms with Crippen LogP contribution in [0.25, 0.3) is 10.8 Å². The molecule has 3 aromatic rings. The van der Waals surface area contributed by atoms with Crippen LogP contribution in [0, 0.1) is 0 Å². The third kappa shape index (κ3) is 2.85. The Hall–Kier alpha value is -2.06. The zero-order valence-corrected chi connectivity index (χ0v) is 10.8. The van der Waals surface area contributed by atoms with Gasteiger partial charge in [-0.3, -0.25) is 0 Å². The van der Waals surface area contributed by atoms with E-state index in [4.69, 9.17) is 10.2 Å². The smallest absolute Gasteiger partial charge is 0.0935 e. The summed E-state index contributed by atoms with van der Waals surface area (Å²) in [5.41, 5.74) is 8.65. The molecule has 0 spiro atoms. The summed E-state index contributed by atoms with van der Waals surface area (Å²) in [6.07, 6.45) is 5.19. The summed E-state index contributed by atoms with van der Waals surface area (Å²) in [7, 11) is 0. The second kappa shape index (κ2) is 5.29. The Balaban J connectivity index is 1.73. The van der Waals surface area contributed by atoms with E-state index < -0.39 is 0 Å². The molecule has 3 rings (SSSR count). The van der Waals surface area contributed by atoms with E-state index in [2.05, 4.69) is 42.5 Å². The molecule has 1 aromatic heterocycles. The van der Waals surface area contributed by atoms with Crippen LogP contribution in [0.4, 0.5) is 0 Å². The highest BCUT2D eigenvalue weighted by atomic mass is 16.3. The average Bonchev–Trinajstić information content (AvgIpc) is 2.91. The standard InChI is InChI=1S/C17H17NO/c18-17(11-14-7-8-19-12-14)10-13-5-6-15-3-1-2-4-16(15)9-13/h1-9,12,17H,10-11,18H2. The number of nitrogens with two attached hydrogens (primary N) is 1. The first-order valence-electron chi connectivity index (χ1n) is 6.55. The van der Waals surface area contributed by atoms with Crippen LogP contribution in [0.3, 0.4) is 0 Å². The second-order valence-corrected chi connectivity index (χ2v) is 4.98. The zero-order valence-electron chi connectivity index (χ0n) is 10.8. The molecule has 2 heteroatoms. The maximum atomic E-state index is 6.20. The lowest BCUT2D eigenvalue weighted by atomic mass is 9.99. The maximum Gasteiger partial charge on any atom is 0.0935 e. The van der Waals surface area contributed by atoms with Gasteiger partial charge in [-0.25, -0.2) is 0 Å². The van der Waals surface area contributed by atoms with E-state index in [0.717, 1.165) is 18.4 Å². The fourth-order valence-electron chi connectivity index (χ4n) is 2.45. The predicted octanol–water partition coefficient (Wildman–Crippen LogP) is 3.55. The Labute approximate surface area is 112 Å². The average molecular weight is 251 g/mol. The van der Waals surface area contributed by atoms with Gasteiger partial charge in [-0.1, -0.05) is 42.5 Å². The molecule has 2 nitrogen and oxygen atoms in total. The minimum absolute atomic E-state index is 0.124. The summed E-state index contributed by atoms with van der Waals surface area (Å²) < 4.78 is 5.07. The molecular formula is C17H17NO. The van der Waals surface area contributed by atoms with Gasteiger partial charge in [0.15, 0.2) is 0 Å². The van der Waals surface area contributed by atoms with Crippen LogP contribution in [0.1, 0.15) is 11.1 Å².